The molecule has 1 saturated heterocycles. The summed E-state index contributed by atoms with van der Waals surface area (Å²) in [6.45, 7) is 1.19. The Labute approximate surface area is 191 Å². The Morgan fingerprint density at radius 3 is 2.45 bits per heavy atom. The molecule has 0 aromatic carbocycles. The fourth-order valence-corrected chi connectivity index (χ4v) is 3.29. The number of hydrogen-bond acceptors (Lipinski definition) is 7. The summed E-state index contributed by atoms with van der Waals surface area (Å²) in [6.07, 6.45) is 2.38. The van der Waals surface area contributed by atoms with E-state index in [-0.39, 0.29) is 32.0 Å². The highest BCUT2D eigenvalue weighted by atomic mass is 16.4. The lowest BCUT2D eigenvalue weighted by Crippen LogP contribution is -2.57. The van der Waals surface area contributed by atoms with Gasteiger partial charge in [0.25, 0.3) is 0 Å². The van der Waals surface area contributed by atoms with Crippen LogP contribution < -0.4 is 33.2 Å². The summed E-state index contributed by atoms with van der Waals surface area (Å²) in [6, 6.07) is -2.86. The van der Waals surface area contributed by atoms with Crippen molar-refractivity contribution in [1.82, 2.24) is 20.9 Å². The first-order valence-electron chi connectivity index (χ1n) is 10.7. The highest BCUT2D eigenvalue weighted by molar-refractivity contribution is 5.93. The quantitative estimate of drug-likeness (QED) is 0.0852. The second kappa shape index (κ2) is 13.9. The Balaban J connectivity index is 2.72. The van der Waals surface area contributed by atoms with Gasteiger partial charge in [-0.15, -0.1) is 0 Å². The van der Waals surface area contributed by atoms with Gasteiger partial charge in [-0.1, -0.05) is 0 Å². The van der Waals surface area contributed by atoms with Crippen LogP contribution in [0.2, 0.25) is 0 Å². The van der Waals surface area contributed by atoms with Crippen LogP contribution in [0.15, 0.2) is 4.99 Å². The molecule has 0 radical (unpaired) electrons. The highest BCUT2D eigenvalue weighted by Crippen LogP contribution is 2.17. The molecule has 0 aliphatic carbocycles. The van der Waals surface area contributed by atoms with Gasteiger partial charge in [0, 0.05) is 13.1 Å². The van der Waals surface area contributed by atoms with Crippen LogP contribution in [-0.2, 0) is 24.0 Å². The first-order valence-corrected chi connectivity index (χ1v) is 10.7. The van der Waals surface area contributed by atoms with E-state index in [1.54, 1.807) is 0 Å². The summed E-state index contributed by atoms with van der Waals surface area (Å²) >= 11 is 0. The van der Waals surface area contributed by atoms with Gasteiger partial charge in [-0.3, -0.25) is 29.0 Å². The van der Waals surface area contributed by atoms with Gasteiger partial charge >= 0.3 is 5.97 Å². The molecule has 186 valence electrons. The topological polar surface area (TPSA) is 235 Å². The molecule has 1 fully saturated rings. The molecular weight excluding hydrogens is 436 g/mol. The largest absolute Gasteiger partial charge is 0.480 e. The molecule has 1 aliphatic rings. The smallest absolute Gasteiger partial charge is 0.325 e. The van der Waals surface area contributed by atoms with E-state index in [1.807, 2.05) is 0 Å². The van der Waals surface area contributed by atoms with Crippen molar-refractivity contribution in [3.63, 3.8) is 0 Å². The molecule has 14 heteroatoms. The molecule has 14 nitrogen and oxygen atoms in total. The first-order chi connectivity index (χ1) is 15.6. The predicted octanol–water partition coefficient (Wildman–Crippen LogP) is -3.43. The van der Waals surface area contributed by atoms with Crippen molar-refractivity contribution in [2.24, 2.45) is 22.2 Å². The number of rotatable bonds is 12. The van der Waals surface area contributed by atoms with Gasteiger partial charge in [-0.2, -0.15) is 0 Å². The SMILES string of the molecule is C[C@H](NC(=O)[C@@H]1CCCCN1C(=O)CNC(=O)[C@H](CCCN=C(N)N)NC(=O)CN)C(=O)O. The number of guanidine groups is 1. The summed E-state index contributed by atoms with van der Waals surface area (Å²) in [4.78, 5) is 65.6. The number of amides is 4. The van der Waals surface area contributed by atoms with Crippen molar-refractivity contribution in [2.45, 2.75) is 57.2 Å². The fraction of sp³-hybridized carbons (Fsp3) is 0.684. The lowest BCUT2D eigenvalue weighted by atomic mass is 10.0. The molecule has 1 heterocycles. The van der Waals surface area contributed by atoms with Crippen LogP contribution in [0.4, 0.5) is 0 Å². The van der Waals surface area contributed by atoms with Gasteiger partial charge < -0.3 is 43.2 Å². The Bertz CT molecular complexity index is 755. The van der Waals surface area contributed by atoms with Crippen molar-refractivity contribution in [2.75, 3.05) is 26.2 Å². The zero-order valence-corrected chi connectivity index (χ0v) is 18.7. The molecule has 0 aromatic rings. The lowest BCUT2D eigenvalue weighted by Gasteiger charge is -2.35. The summed E-state index contributed by atoms with van der Waals surface area (Å²) < 4.78 is 0. The maximum Gasteiger partial charge on any atom is 0.325 e. The number of hydrogen-bond donors (Lipinski definition) is 7. The number of piperidine rings is 1. The van der Waals surface area contributed by atoms with Crippen LogP contribution in [0.3, 0.4) is 0 Å². The number of aliphatic imine (C=N–C) groups is 1. The number of carbonyl (C=O) groups is 5. The van der Waals surface area contributed by atoms with Gasteiger partial charge in [-0.05, 0) is 39.0 Å². The van der Waals surface area contributed by atoms with E-state index < -0.39 is 47.7 Å². The molecular formula is C19H34N8O6. The van der Waals surface area contributed by atoms with Crippen LogP contribution >= 0.6 is 0 Å². The number of carbonyl (C=O) groups excluding carboxylic acids is 4. The minimum Gasteiger partial charge on any atom is -0.480 e. The van der Waals surface area contributed by atoms with Crippen LogP contribution in [0.1, 0.15) is 39.0 Å². The second-order valence-electron chi connectivity index (χ2n) is 7.66. The van der Waals surface area contributed by atoms with Crippen molar-refractivity contribution in [3.05, 3.63) is 0 Å². The summed E-state index contributed by atoms with van der Waals surface area (Å²) in [5, 5.41) is 16.3. The van der Waals surface area contributed by atoms with E-state index in [4.69, 9.17) is 22.3 Å². The maximum atomic E-state index is 12.7. The predicted molar refractivity (Wildman–Crippen MR) is 118 cm³/mol. The molecule has 4 amide bonds. The molecule has 3 atom stereocenters. The van der Waals surface area contributed by atoms with Crippen LogP contribution in [0.5, 0.6) is 0 Å². The lowest BCUT2D eigenvalue weighted by molar-refractivity contribution is -0.145. The monoisotopic (exact) mass is 470 g/mol. The Kier molecular flexibility index (Phi) is 11.6. The summed E-state index contributed by atoms with van der Waals surface area (Å²) in [5.74, 6) is -3.45. The van der Waals surface area contributed by atoms with Crippen molar-refractivity contribution in [3.8, 4) is 0 Å². The molecule has 33 heavy (non-hydrogen) atoms. The van der Waals surface area contributed by atoms with E-state index in [0.717, 1.165) is 0 Å². The standard InChI is InChI=1S/C19H34N8O6/c1-11(18(32)33)25-17(31)13-6-2-3-8-27(13)15(29)10-24-16(30)12(26-14(28)9-20)5-4-7-23-19(21)22/h11-13H,2-10,20H2,1H3,(H,24,30)(H,25,31)(H,26,28)(H,32,33)(H4,21,22,23)/t11-,12-,13-/m0/s1. The average molecular weight is 471 g/mol. The van der Waals surface area contributed by atoms with Crippen molar-refractivity contribution in [1.29, 1.82) is 0 Å². The highest BCUT2D eigenvalue weighted by Gasteiger charge is 2.33. The van der Waals surface area contributed by atoms with Gasteiger partial charge in [0.05, 0.1) is 13.1 Å². The number of nitrogens with two attached hydrogens (primary N) is 3. The number of likely N-dealkylation sites (tertiary alicyclic amines) is 1. The molecule has 0 unspecified atom stereocenters. The Hall–Kier alpha value is -3.42. The molecule has 1 rings (SSSR count). The molecule has 0 aromatic heterocycles. The molecule has 0 saturated carbocycles. The molecule has 1 aliphatic heterocycles. The van der Waals surface area contributed by atoms with Gasteiger partial charge in [0.15, 0.2) is 5.96 Å². The Morgan fingerprint density at radius 1 is 1.15 bits per heavy atom. The number of aliphatic carboxylic acids is 1. The number of carboxylic acid groups (broad SMARTS) is 1. The third-order valence-electron chi connectivity index (χ3n) is 5.05. The molecule has 0 bridgehead atoms. The minimum absolute atomic E-state index is 0.0922. The zero-order valence-electron chi connectivity index (χ0n) is 18.7. The fourth-order valence-electron chi connectivity index (χ4n) is 3.29. The van der Waals surface area contributed by atoms with Gasteiger partial charge in [0.1, 0.15) is 18.1 Å². The van der Waals surface area contributed by atoms with Gasteiger partial charge in [0.2, 0.25) is 23.6 Å². The third-order valence-corrected chi connectivity index (χ3v) is 5.05. The van der Waals surface area contributed by atoms with Gasteiger partial charge in [-0.25, -0.2) is 0 Å². The third kappa shape index (κ3) is 9.72. The normalized spacial score (nSPS) is 17.3. The van der Waals surface area contributed by atoms with Crippen LogP contribution in [0, 0.1) is 0 Å². The van der Waals surface area contributed by atoms with E-state index in [9.17, 15) is 24.0 Å². The summed E-state index contributed by atoms with van der Waals surface area (Å²) in [5.41, 5.74) is 15.8. The van der Waals surface area contributed by atoms with Crippen molar-refractivity contribution < 1.29 is 29.1 Å². The zero-order chi connectivity index (χ0) is 25.0. The van der Waals surface area contributed by atoms with E-state index in [0.29, 0.717) is 32.2 Å². The van der Waals surface area contributed by atoms with E-state index in [2.05, 4.69) is 20.9 Å². The summed E-state index contributed by atoms with van der Waals surface area (Å²) in [7, 11) is 0. The van der Waals surface area contributed by atoms with Crippen LogP contribution in [0.25, 0.3) is 0 Å². The maximum absolute atomic E-state index is 12.7. The molecule has 0 spiro atoms. The Morgan fingerprint density at radius 2 is 1.85 bits per heavy atom. The first kappa shape index (κ1) is 27.6. The average Bonchev–Trinajstić information content (AvgIpc) is 2.78. The van der Waals surface area contributed by atoms with E-state index >= 15 is 0 Å². The number of carboxylic acids is 1. The molecule has 10 N–H and O–H groups in total. The van der Waals surface area contributed by atoms with Crippen molar-refractivity contribution >= 4 is 35.6 Å². The van der Waals surface area contributed by atoms with Crippen LogP contribution in [-0.4, -0.2) is 89.9 Å². The second-order valence-corrected chi connectivity index (χ2v) is 7.66. The number of nitrogens with one attached hydrogen (secondary N) is 3. The van der Waals surface area contributed by atoms with E-state index in [1.165, 1.54) is 11.8 Å². The number of nitrogens with zero attached hydrogens (tertiary/aromatic N) is 2. The minimum atomic E-state index is -1.19.